The number of nitrogens with zero attached hydrogens (tertiary/aromatic N) is 1. The van der Waals surface area contributed by atoms with Gasteiger partial charge in [-0.1, -0.05) is 46.3 Å². The number of phenolic OH excluding ortho intramolecular Hbond substituents is 1. The molecule has 1 N–H and O–H groups in total. The van der Waals surface area contributed by atoms with E-state index >= 15 is 0 Å². The van der Waals surface area contributed by atoms with E-state index in [0.29, 0.717) is 0 Å². The second-order valence-electron chi connectivity index (χ2n) is 5.50. The molecule has 0 saturated heterocycles. The maximum absolute atomic E-state index is 10.5. The third-order valence-corrected chi connectivity index (χ3v) is 4.58. The Labute approximate surface area is 136 Å². The van der Waals surface area contributed by atoms with Crippen LogP contribution in [0.25, 0.3) is 27.4 Å². The molecule has 1 heterocycles. The van der Waals surface area contributed by atoms with Crippen molar-refractivity contribution in [1.82, 2.24) is 4.57 Å². The van der Waals surface area contributed by atoms with E-state index in [0.717, 1.165) is 26.4 Å². The molecule has 2 nitrogen and oxygen atoms in total. The average Bonchev–Trinajstić information content (AvgIpc) is 2.85. The second kappa shape index (κ2) is 4.89. The first-order chi connectivity index (χ1) is 10.6. The van der Waals surface area contributed by atoms with Crippen molar-refractivity contribution in [3.63, 3.8) is 0 Å². The molecule has 3 aromatic carbocycles. The molecule has 0 radical (unpaired) electrons. The Morgan fingerprint density at radius 3 is 2.64 bits per heavy atom. The van der Waals surface area contributed by atoms with Gasteiger partial charge >= 0.3 is 0 Å². The fourth-order valence-corrected chi connectivity index (χ4v) is 3.44. The number of para-hydroxylation sites is 1. The SMILES string of the molecule is Cc1cn(-c2c(O)ccc3cc(Br)ccc23)c2ccccc12. The van der Waals surface area contributed by atoms with Gasteiger partial charge in [-0.05, 0) is 42.1 Å². The van der Waals surface area contributed by atoms with Gasteiger partial charge in [0.15, 0.2) is 0 Å². The lowest BCUT2D eigenvalue weighted by molar-refractivity contribution is 0.473. The van der Waals surface area contributed by atoms with Crippen molar-refractivity contribution in [3.8, 4) is 11.4 Å². The minimum Gasteiger partial charge on any atom is -0.506 e. The van der Waals surface area contributed by atoms with Crippen LogP contribution in [-0.2, 0) is 0 Å². The Hall–Kier alpha value is -2.26. The van der Waals surface area contributed by atoms with E-state index in [4.69, 9.17) is 0 Å². The molecule has 0 amide bonds. The first-order valence-electron chi connectivity index (χ1n) is 7.13. The monoisotopic (exact) mass is 351 g/mol. The zero-order valence-corrected chi connectivity index (χ0v) is 13.6. The molecule has 4 aromatic rings. The summed E-state index contributed by atoms with van der Waals surface area (Å²) in [5.74, 6) is 0.288. The number of aromatic hydroxyl groups is 1. The molecule has 0 saturated carbocycles. The summed E-state index contributed by atoms with van der Waals surface area (Å²) in [6.07, 6.45) is 2.08. The molecule has 0 spiro atoms. The maximum Gasteiger partial charge on any atom is 0.140 e. The van der Waals surface area contributed by atoms with Crippen LogP contribution >= 0.6 is 15.9 Å². The van der Waals surface area contributed by atoms with E-state index in [1.807, 2.05) is 30.3 Å². The summed E-state index contributed by atoms with van der Waals surface area (Å²) in [7, 11) is 0. The van der Waals surface area contributed by atoms with Gasteiger partial charge in [0.05, 0.1) is 11.2 Å². The fourth-order valence-electron chi connectivity index (χ4n) is 3.06. The number of aryl methyl sites for hydroxylation is 1. The minimum atomic E-state index is 0.288. The lowest BCUT2D eigenvalue weighted by Crippen LogP contribution is -1.94. The van der Waals surface area contributed by atoms with Crippen molar-refractivity contribution in [3.05, 3.63) is 70.8 Å². The largest absolute Gasteiger partial charge is 0.506 e. The summed E-state index contributed by atoms with van der Waals surface area (Å²) in [6.45, 7) is 2.09. The average molecular weight is 352 g/mol. The molecule has 3 heteroatoms. The Morgan fingerprint density at radius 2 is 1.77 bits per heavy atom. The zero-order valence-electron chi connectivity index (χ0n) is 12.0. The van der Waals surface area contributed by atoms with Crippen LogP contribution < -0.4 is 0 Å². The van der Waals surface area contributed by atoms with Gasteiger partial charge in [-0.3, -0.25) is 0 Å². The molecular weight excluding hydrogens is 338 g/mol. The van der Waals surface area contributed by atoms with Crippen LogP contribution in [0, 0.1) is 6.92 Å². The van der Waals surface area contributed by atoms with Gasteiger partial charge in [-0.2, -0.15) is 0 Å². The van der Waals surface area contributed by atoms with Gasteiger partial charge in [0, 0.05) is 21.4 Å². The zero-order chi connectivity index (χ0) is 15.3. The third kappa shape index (κ3) is 1.93. The topological polar surface area (TPSA) is 25.2 Å². The van der Waals surface area contributed by atoms with Crippen molar-refractivity contribution in [2.24, 2.45) is 0 Å². The molecule has 0 aliphatic rings. The number of aromatic nitrogens is 1. The number of rotatable bonds is 1. The predicted molar refractivity (Wildman–Crippen MR) is 94.9 cm³/mol. The highest BCUT2D eigenvalue weighted by atomic mass is 79.9. The van der Waals surface area contributed by atoms with Crippen molar-refractivity contribution in [1.29, 1.82) is 0 Å². The molecule has 22 heavy (non-hydrogen) atoms. The van der Waals surface area contributed by atoms with Crippen molar-refractivity contribution in [2.45, 2.75) is 6.92 Å². The predicted octanol–water partition coefficient (Wildman–Crippen LogP) is 5.56. The number of benzene rings is 3. The highest BCUT2D eigenvalue weighted by molar-refractivity contribution is 9.10. The van der Waals surface area contributed by atoms with Crippen molar-refractivity contribution < 1.29 is 5.11 Å². The van der Waals surface area contributed by atoms with Crippen molar-refractivity contribution >= 4 is 37.6 Å². The molecule has 0 unspecified atom stereocenters. The molecule has 0 fully saturated rings. The van der Waals surface area contributed by atoms with Gasteiger partial charge in [-0.25, -0.2) is 0 Å². The summed E-state index contributed by atoms with van der Waals surface area (Å²) in [5, 5.41) is 13.8. The molecule has 0 aliphatic heterocycles. The molecular formula is C19H14BrNO. The second-order valence-corrected chi connectivity index (χ2v) is 6.41. The Balaban J connectivity index is 2.14. The lowest BCUT2D eigenvalue weighted by atomic mass is 10.1. The van der Waals surface area contributed by atoms with Crippen LogP contribution in [0.4, 0.5) is 0 Å². The van der Waals surface area contributed by atoms with Crippen LogP contribution in [0.1, 0.15) is 5.56 Å². The number of halogens is 1. The van der Waals surface area contributed by atoms with E-state index < -0.39 is 0 Å². The van der Waals surface area contributed by atoms with Crippen molar-refractivity contribution in [2.75, 3.05) is 0 Å². The van der Waals surface area contributed by atoms with Gasteiger partial charge < -0.3 is 9.67 Å². The first kappa shape index (κ1) is 13.4. The van der Waals surface area contributed by atoms with E-state index in [1.54, 1.807) is 6.07 Å². The number of phenols is 1. The number of hydrogen-bond donors (Lipinski definition) is 1. The smallest absolute Gasteiger partial charge is 0.140 e. The van der Waals surface area contributed by atoms with Crippen LogP contribution in [0.3, 0.4) is 0 Å². The third-order valence-electron chi connectivity index (χ3n) is 4.08. The normalized spacial score (nSPS) is 11.4. The van der Waals surface area contributed by atoms with Gasteiger partial charge in [0.2, 0.25) is 0 Å². The number of hydrogen-bond acceptors (Lipinski definition) is 1. The lowest BCUT2D eigenvalue weighted by Gasteiger charge is -2.12. The highest BCUT2D eigenvalue weighted by Gasteiger charge is 2.13. The van der Waals surface area contributed by atoms with Crippen LogP contribution in [-0.4, -0.2) is 9.67 Å². The van der Waals surface area contributed by atoms with Gasteiger partial charge in [0.25, 0.3) is 0 Å². The van der Waals surface area contributed by atoms with E-state index in [2.05, 4.69) is 51.8 Å². The molecule has 0 aliphatic carbocycles. The van der Waals surface area contributed by atoms with E-state index in [1.165, 1.54) is 10.9 Å². The van der Waals surface area contributed by atoms with Crippen LogP contribution in [0.15, 0.2) is 65.3 Å². The maximum atomic E-state index is 10.5. The summed E-state index contributed by atoms with van der Waals surface area (Å²) in [5.41, 5.74) is 3.13. The summed E-state index contributed by atoms with van der Waals surface area (Å²) in [4.78, 5) is 0. The fraction of sp³-hybridized carbons (Fsp3) is 0.0526. The number of fused-ring (bicyclic) bond motifs is 2. The molecule has 0 atom stereocenters. The van der Waals surface area contributed by atoms with Gasteiger partial charge in [-0.15, -0.1) is 0 Å². The van der Waals surface area contributed by atoms with Crippen LogP contribution in [0.5, 0.6) is 5.75 Å². The Morgan fingerprint density at radius 1 is 0.955 bits per heavy atom. The summed E-state index contributed by atoms with van der Waals surface area (Å²) < 4.78 is 3.11. The molecule has 0 bridgehead atoms. The van der Waals surface area contributed by atoms with E-state index in [-0.39, 0.29) is 5.75 Å². The molecule has 108 valence electrons. The summed E-state index contributed by atoms with van der Waals surface area (Å²) >= 11 is 3.51. The van der Waals surface area contributed by atoms with Gasteiger partial charge in [0.1, 0.15) is 5.75 Å². The Kier molecular flexibility index (Phi) is 2.98. The van der Waals surface area contributed by atoms with Crippen LogP contribution in [0.2, 0.25) is 0 Å². The first-order valence-corrected chi connectivity index (χ1v) is 7.93. The molecule has 4 rings (SSSR count). The summed E-state index contributed by atoms with van der Waals surface area (Å²) in [6, 6.07) is 18.1. The molecule has 1 aromatic heterocycles. The Bertz CT molecular complexity index is 1020. The standard InChI is InChI=1S/C19H14BrNO/c1-12-11-21(17-5-3-2-4-15(12)17)19-16-8-7-14(20)10-13(16)6-9-18(19)22/h2-11,22H,1H3. The highest BCUT2D eigenvalue weighted by Crippen LogP contribution is 2.35. The minimum absolute atomic E-state index is 0.288. The quantitative estimate of drug-likeness (QED) is 0.477. The van der Waals surface area contributed by atoms with E-state index in [9.17, 15) is 5.11 Å².